The molecule has 9 heteroatoms. The fourth-order valence-electron chi connectivity index (χ4n) is 5.09. The first-order valence-corrected chi connectivity index (χ1v) is 10.1. The standard InChI is InChI=1S/C21H21F2N5O2/c1-30-21(29)15-10-2-4-11(5-3-10)17(15)27-19-14(23)9-26-20(28-19)16-12-6-7-24-18(12)25-8-13(16)22/h6-11,15,17H,2-5H2,1H3,(H,24,25)(H,26,27,28). The number of carbonyl (C=O) groups is 1. The maximum Gasteiger partial charge on any atom is 0.311 e. The van der Waals surface area contributed by atoms with Crippen molar-refractivity contribution in [2.75, 3.05) is 12.4 Å². The van der Waals surface area contributed by atoms with E-state index in [1.807, 2.05) is 0 Å². The lowest BCUT2D eigenvalue weighted by Crippen LogP contribution is -2.52. The van der Waals surface area contributed by atoms with E-state index in [1.165, 1.54) is 7.11 Å². The molecule has 0 amide bonds. The van der Waals surface area contributed by atoms with Crippen LogP contribution in [0.25, 0.3) is 22.4 Å². The Bertz CT molecular complexity index is 1110. The zero-order chi connectivity index (χ0) is 20.8. The van der Waals surface area contributed by atoms with E-state index in [4.69, 9.17) is 4.74 Å². The van der Waals surface area contributed by atoms with Gasteiger partial charge in [0.15, 0.2) is 23.3 Å². The molecule has 0 aliphatic heterocycles. The minimum atomic E-state index is -0.649. The van der Waals surface area contributed by atoms with Crippen LogP contribution in [0.2, 0.25) is 0 Å². The van der Waals surface area contributed by atoms with Crippen LogP contribution in [0, 0.1) is 29.4 Å². The van der Waals surface area contributed by atoms with Gasteiger partial charge in [-0.3, -0.25) is 4.79 Å². The van der Waals surface area contributed by atoms with E-state index >= 15 is 0 Å². The number of aromatic nitrogens is 4. The number of halogens is 2. The average molecular weight is 413 g/mol. The lowest BCUT2D eigenvalue weighted by atomic mass is 9.61. The van der Waals surface area contributed by atoms with Gasteiger partial charge in [-0.25, -0.2) is 23.7 Å². The van der Waals surface area contributed by atoms with Crippen molar-refractivity contribution in [3.8, 4) is 11.4 Å². The number of aromatic amines is 1. The van der Waals surface area contributed by atoms with Gasteiger partial charge in [-0.15, -0.1) is 0 Å². The van der Waals surface area contributed by atoms with Crippen LogP contribution in [0.3, 0.4) is 0 Å². The molecule has 6 rings (SSSR count). The molecule has 3 aliphatic carbocycles. The minimum Gasteiger partial charge on any atom is -0.469 e. The van der Waals surface area contributed by atoms with Gasteiger partial charge in [-0.05, 0) is 43.6 Å². The Morgan fingerprint density at radius 1 is 1.13 bits per heavy atom. The van der Waals surface area contributed by atoms with E-state index in [-0.39, 0.29) is 47.0 Å². The number of hydrogen-bond donors (Lipinski definition) is 2. The average Bonchev–Trinajstić information content (AvgIpc) is 3.24. The molecule has 3 saturated carbocycles. The highest BCUT2D eigenvalue weighted by atomic mass is 19.1. The van der Waals surface area contributed by atoms with Gasteiger partial charge in [0, 0.05) is 17.6 Å². The maximum absolute atomic E-state index is 14.6. The number of esters is 1. The molecule has 3 heterocycles. The van der Waals surface area contributed by atoms with Crippen LogP contribution in [0.4, 0.5) is 14.6 Å². The highest BCUT2D eigenvalue weighted by Crippen LogP contribution is 2.46. The number of hydrogen-bond acceptors (Lipinski definition) is 6. The molecule has 2 bridgehead atoms. The van der Waals surface area contributed by atoms with Crippen LogP contribution in [0.15, 0.2) is 24.7 Å². The zero-order valence-electron chi connectivity index (χ0n) is 16.4. The third-order valence-electron chi connectivity index (χ3n) is 6.50. The Labute approximate surface area is 171 Å². The van der Waals surface area contributed by atoms with Crippen LogP contribution < -0.4 is 5.32 Å². The summed E-state index contributed by atoms with van der Waals surface area (Å²) in [5.41, 5.74) is 0.642. The number of ether oxygens (including phenoxy) is 1. The Hall–Kier alpha value is -3.10. The Morgan fingerprint density at radius 3 is 2.63 bits per heavy atom. The molecule has 3 aromatic rings. The van der Waals surface area contributed by atoms with Crippen LogP contribution in [-0.2, 0) is 9.53 Å². The first kappa shape index (κ1) is 18.9. The number of anilines is 1. The molecule has 0 radical (unpaired) electrons. The Morgan fingerprint density at radius 2 is 1.87 bits per heavy atom. The molecular formula is C21H21F2N5O2. The van der Waals surface area contributed by atoms with Gasteiger partial charge in [0.25, 0.3) is 0 Å². The molecule has 3 aromatic heterocycles. The topological polar surface area (TPSA) is 92.8 Å². The smallest absolute Gasteiger partial charge is 0.311 e. The number of H-pyrrole nitrogens is 1. The number of fused-ring (bicyclic) bond motifs is 4. The maximum atomic E-state index is 14.6. The number of nitrogens with one attached hydrogen (secondary N) is 2. The van der Waals surface area contributed by atoms with Crippen molar-refractivity contribution in [2.24, 2.45) is 17.8 Å². The van der Waals surface area contributed by atoms with Gasteiger partial charge >= 0.3 is 5.97 Å². The molecule has 7 nitrogen and oxygen atoms in total. The first-order chi connectivity index (χ1) is 14.6. The molecule has 0 spiro atoms. The van der Waals surface area contributed by atoms with Crippen molar-refractivity contribution in [1.29, 1.82) is 0 Å². The normalized spacial score (nSPS) is 25.4. The van der Waals surface area contributed by atoms with Gasteiger partial charge in [-0.2, -0.15) is 0 Å². The fourth-order valence-corrected chi connectivity index (χ4v) is 5.09. The van der Waals surface area contributed by atoms with Gasteiger partial charge in [0.1, 0.15) is 5.65 Å². The summed E-state index contributed by atoms with van der Waals surface area (Å²) in [6.45, 7) is 0. The van der Waals surface area contributed by atoms with Gasteiger partial charge < -0.3 is 15.0 Å². The van der Waals surface area contributed by atoms with Crippen LogP contribution in [0.1, 0.15) is 25.7 Å². The molecule has 3 fully saturated rings. The van der Waals surface area contributed by atoms with Gasteiger partial charge in [-0.1, -0.05) is 0 Å². The Balaban J connectivity index is 1.53. The number of carbonyl (C=O) groups excluding carboxylic acids is 1. The molecule has 0 saturated heterocycles. The molecule has 30 heavy (non-hydrogen) atoms. The van der Waals surface area contributed by atoms with E-state index < -0.39 is 11.6 Å². The van der Waals surface area contributed by atoms with E-state index in [0.717, 1.165) is 38.1 Å². The zero-order valence-corrected chi connectivity index (χ0v) is 16.4. The second-order valence-electron chi connectivity index (χ2n) is 8.01. The molecule has 2 N–H and O–H groups in total. The van der Waals surface area contributed by atoms with Gasteiger partial charge in [0.2, 0.25) is 0 Å². The van der Waals surface area contributed by atoms with E-state index in [2.05, 4.69) is 25.3 Å². The predicted molar refractivity (Wildman–Crippen MR) is 105 cm³/mol. The van der Waals surface area contributed by atoms with Crippen LogP contribution in [0.5, 0.6) is 0 Å². The fraction of sp³-hybridized carbons (Fsp3) is 0.429. The molecule has 0 aromatic carbocycles. The number of nitrogens with zero attached hydrogens (tertiary/aromatic N) is 3. The number of rotatable bonds is 4. The van der Waals surface area contributed by atoms with E-state index in [1.54, 1.807) is 12.3 Å². The summed E-state index contributed by atoms with van der Waals surface area (Å²) >= 11 is 0. The van der Waals surface area contributed by atoms with Crippen molar-refractivity contribution < 1.29 is 18.3 Å². The van der Waals surface area contributed by atoms with Crippen molar-refractivity contribution in [1.82, 2.24) is 19.9 Å². The van der Waals surface area contributed by atoms with Crippen LogP contribution in [-0.4, -0.2) is 39.1 Å². The second-order valence-corrected chi connectivity index (χ2v) is 8.01. The highest BCUT2D eigenvalue weighted by Gasteiger charge is 2.48. The van der Waals surface area contributed by atoms with Crippen molar-refractivity contribution >= 4 is 22.8 Å². The summed E-state index contributed by atoms with van der Waals surface area (Å²) in [4.78, 5) is 27.7. The summed E-state index contributed by atoms with van der Waals surface area (Å²) in [6.07, 6.45) is 7.62. The highest BCUT2D eigenvalue weighted by molar-refractivity contribution is 5.91. The summed E-state index contributed by atoms with van der Waals surface area (Å²) < 4.78 is 34.2. The first-order valence-electron chi connectivity index (χ1n) is 10.1. The lowest BCUT2D eigenvalue weighted by Gasteiger charge is -2.47. The number of methoxy groups -OCH3 is 1. The SMILES string of the molecule is COC(=O)C1C2CCC(CC2)C1Nc1nc(-c2c(F)cnc3[nH]ccc23)ncc1F. The third-order valence-corrected chi connectivity index (χ3v) is 6.50. The van der Waals surface area contributed by atoms with Crippen molar-refractivity contribution in [3.63, 3.8) is 0 Å². The van der Waals surface area contributed by atoms with Crippen molar-refractivity contribution in [3.05, 3.63) is 36.3 Å². The predicted octanol–water partition coefficient (Wildman–Crippen LogP) is 3.69. The quantitative estimate of drug-likeness (QED) is 0.634. The lowest BCUT2D eigenvalue weighted by molar-refractivity contribution is -0.152. The molecule has 156 valence electrons. The number of pyridine rings is 1. The van der Waals surface area contributed by atoms with Crippen LogP contribution >= 0.6 is 0 Å². The second kappa shape index (κ2) is 7.30. The molecule has 2 atom stereocenters. The minimum absolute atomic E-state index is 0.0358. The molecule has 2 unspecified atom stereocenters. The third kappa shape index (κ3) is 3.00. The monoisotopic (exact) mass is 413 g/mol. The largest absolute Gasteiger partial charge is 0.469 e. The van der Waals surface area contributed by atoms with Gasteiger partial charge in [0.05, 0.1) is 31.0 Å². The molecule has 3 aliphatic rings. The summed E-state index contributed by atoms with van der Waals surface area (Å²) in [5, 5.41) is 3.66. The summed E-state index contributed by atoms with van der Waals surface area (Å²) in [7, 11) is 1.37. The van der Waals surface area contributed by atoms with E-state index in [0.29, 0.717) is 11.0 Å². The van der Waals surface area contributed by atoms with Crippen molar-refractivity contribution in [2.45, 2.75) is 31.7 Å². The van der Waals surface area contributed by atoms with E-state index in [9.17, 15) is 13.6 Å². The summed E-state index contributed by atoms with van der Waals surface area (Å²) in [6, 6.07) is 1.39. The molecular weight excluding hydrogens is 392 g/mol. The Kier molecular flexibility index (Phi) is 4.60. The summed E-state index contributed by atoms with van der Waals surface area (Å²) in [5.74, 6) is -1.43.